The zero-order valence-electron chi connectivity index (χ0n) is 21.7. The van der Waals surface area contributed by atoms with Crippen LogP contribution in [0.3, 0.4) is 0 Å². The van der Waals surface area contributed by atoms with Gasteiger partial charge in [0.15, 0.2) is 0 Å². The summed E-state index contributed by atoms with van der Waals surface area (Å²) in [6.45, 7) is 1.72. The number of nitrogens with one attached hydrogen (secondary N) is 1. The van der Waals surface area contributed by atoms with Crippen LogP contribution in [0, 0.1) is 12.3 Å². The molecule has 0 radical (unpaired) electrons. The third-order valence-electron chi connectivity index (χ3n) is 6.78. The van der Waals surface area contributed by atoms with E-state index in [-0.39, 0.29) is 30.7 Å². The van der Waals surface area contributed by atoms with Crippen molar-refractivity contribution in [2.45, 2.75) is 39.0 Å². The van der Waals surface area contributed by atoms with Crippen molar-refractivity contribution >= 4 is 17.6 Å². The molecule has 0 unspecified atom stereocenters. The number of carbonyl (C=O) groups is 1. The minimum absolute atomic E-state index is 0.0364. The number of carboxylic acids is 1. The number of aryl methyl sites for hydroxylation is 1. The number of aliphatic carboxylic acids is 1. The van der Waals surface area contributed by atoms with E-state index in [4.69, 9.17) is 4.74 Å². The van der Waals surface area contributed by atoms with Gasteiger partial charge in [-0.2, -0.15) is 18.2 Å². The first-order chi connectivity index (χ1) is 19.4. The van der Waals surface area contributed by atoms with Gasteiger partial charge in [-0.25, -0.2) is 19.1 Å². The van der Waals surface area contributed by atoms with Crippen LogP contribution in [0.25, 0.3) is 0 Å². The quantitative estimate of drug-likeness (QED) is 0.301. The summed E-state index contributed by atoms with van der Waals surface area (Å²) >= 11 is 0. The first-order valence-electron chi connectivity index (χ1n) is 12.5. The van der Waals surface area contributed by atoms with Crippen LogP contribution in [0.4, 0.5) is 24.8 Å². The molecule has 0 saturated heterocycles. The first-order valence-corrected chi connectivity index (χ1v) is 12.5. The minimum Gasteiger partial charge on any atom is -0.481 e. The Labute approximate surface area is 230 Å². The van der Waals surface area contributed by atoms with E-state index in [9.17, 15) is 32.7 Å². The van der Waals surface area contributed by atoms with E-state index >= 15 is 0 Å². The van der Waals surface area contributed by atoms with Gasteiger partial charge in [0.05, 0.1) is 17.5 Å². The van der Waals surface area contributed by atoms with Crippen molar-refractivity contribution in [3.63, 3.8) is 0 Å². The fraction of sp³-hybridized carbons (Fsp3) is 0.250. The number of nitrogens with zero attached hydrogens (tertiary/aromatic N) is 4. The lowest BCUT2D eigenvalue weighted by molar-refractivity contribution is -0.144. The van der Waals surface area contributed by atoms with E-state index in [1.165, 1.54) is 16.7 Å². The summed E-state index contributed by atoms with van der Waals surface area (Å²) in [4.78, 5) is 45.8. The molecule has 0 spiro atoms. The smallest absolute Gasteiger partial charge is 0.417 e. The Bertz CT molecular complexity index is 1690. The number of ether oxygens (including phenoxy) is 1. The second-order valence-electron chi connectivity index (χ2n) is 9.88. The Hall–Kier alpha value is -4.94. The van der Waals surface area contributed by atoms with Crippen LogP contribution in [0.5, 0.6) is 11.6 Å². The van der Waals surface area contributed by atoms with Crippen molar-refractivity contribution < 1.29 is 27.8 Å². The highest BCUT2D eigenvalue weighted by atomic mass is 19.4. The fourth-order valence-corrected chi connectivity index (χ4v) is 4.14. The number of benzene rings is 2. The first kappa shape index (κ1) is 27.6. The Kier molecular flexibility index (Phi) is 7.11. The van der Waals surface area contributed by atoms with E-state index < -0.39 is 34.5 Å². The number of pyridine rings is 1. The van der Waals surface area contributed by atoms with E-state index in [1.54, 1.807) is 12.1 Å². The van der Waals surface area contributed by atoms with Crippen molar-refractivity contribution in [1.82, 2.24) is 19.1 Å². The second-order valence-corrected chi connectivity index (χ2v) is 9.88. The molecule has 0 atom stereocenters. The van der Waals surface area contributed by atoms with Crippen LogP contribution in [0.2, 0.25) is 0 Å². The number of hydrogen-bond acceptors (Lipinski definition) is 7. The predicted octanol–water partition coefficient (Wildman–Crippen LogP) is 4.58. The molecule has 2 heterocycles. The van der Waals surface area contributed by atoms with Gasteiger partial charge >= 0.3 is 23.5 Å². The molecule has 10 nitrogen and oxygen atoms in total. The Morgan fingerprint density at radius 3 is 2.27 bits per heavy atom. The summed E-state index contributed by atoms with van der Waals surface area (Å²) in [5.74, 6) is -0.864. The number of halogens is 3. The largest absolute Gasteiger partial charge is 0.481 e. The van der Waals surface area contributed by atoms with Crippen LogP contribution in [-0.4, -0.2) is 30.2 Å². The molecular weight excluding hydrogens is 543 g/mol. The molecule has 4 aromatic rings. The van der Waals surface area contributed by atoms with Crippen molar-refractivity contribution in [3.05, 3.63) is 105 Å². The van der Waals surface area contributed by atoms with Gasteiger partial charge in [-0.3, -0.25) is 9.36 Å². The van der Waals surface area contributed by atoms with E-state index in [1.807, 2.05) is 31.2 Å². The van der Waals surface area contributed by atoms with Crippen LogP contribution in [0.1, 0.15) is 29.5 Å². The highest BCUT2D eigenvalue weighted by Gasteiger charge is 2.51. The number of anilines is 2. The molecule has 0 bridgehead atoms. The van der Waals surface area contributed by atoms with E-state index in [0.29, 0.717) is 24.7 Å². The monoisotopic (exact) mass is 567 g/mol. The summed E-state index contributed by atoms with van der Waals surface area (Å²) in [6, 6.07) is 15.6. The summed E-state index contributed by atoms with van der Waals surface area (Å²) in [7, 11) is 0. The molecule has 5 rings (SSSR count). The molecule has 1 aliphatic carbocycles. The highest BCUT2D eigenvalue weighted by molar-refractivity contribution is 5.77. The van der Waals surface area contributed by atoms with Gasteiger partial charge in [0.25, 0.3) is 0 Å². The third kappa shape index (κ3) is 6.13. The van der Waals surface area contributed by atoms with E-state index in [2.05, 4.69) is 15.3 Å². The number of carboxylic acid groups (broad SMARTS) is 1. The molecule has 1 saturated carbocycles. The summed E-state index contributed by atoms with van der Waals surface area (Å²) in [6.07, 6.45) is -3.11. The van der Waals surface area contributed by atoms with Gasteiger partial charge in [0, 0.05) is 24.5 Å². The molecular formula is C28H24F3N5O5. The Morgan fingerprint density at radius 1 is 1.02 bits per heavy atom. The molecule has 0 aliphatic heterocycles. The molecule has 2 aromatic heterocycles. The van der Waals surface area contributed by atoms with Crippen molar-refractivity contribution in [3.8, 4) is 11.6 Å². The average Bonchev–Trinajstić information content (AvgIpc) is 3.72. The second kappa shape index (κ2) is 10.6. The van der Waals surface area contributed by atoms with E-state index in [0.717, 1.165) is 27.8 Å². The van der Waals surface area contributed by atoms with Gasteiger partial charge in [0.1, 0.15) is 5.75 Å². The average molecular weight is 568 g/mol. The normalized spacial score (nSPS) is 14.0. The maximum atomic E-state index is 13.5. The van der Waals surface area contributed by atoms with Crippen LogP contribution in [0.15, 0.2) is 76.4 Å². The summed E-state index contributed by atoms with van der Waals surface area (Å²) in [5, 5.41) is 12.5. The Morgan fingerprint density at radius 2 is 1.71 bits per heavy atom. The number of alkyl halides is 3. The third-order valence-corrected chi connectivity index (χ3v) is 6.78. The number of aromatic nitrogens is 4. The fourth-order valence-electron chi connectivity index (χ4n) is 4.14. The predicted molar refractivity (Wildman–Crippen MR) is 141 cm³/mol. The van der Waals surface area contributed by atoms with Crippen LogP contribution < -0.4 is 21.4 Å². The molecule has 1 fully saturated rings. The van der Waals surface area contributed by atoms with Crippen LogP contribution in [-0.2, 0) is 24.1 Å². The standard InChI is InChI=1S/C28H24F3N5O5/c1-17-2-4-18(5-3-17)15-35-24(34-25(39)36(26(35)40)16-27(12-13-27)23(37)38)33-20-7-9-21(10-8-20)41-22-11-6-19(14-32-22)28(29,30)31/h2-11,14H,12-13,15-16H2,1H3,(H,37,38)(H,33,34,39). The molecule has 212 valence electrons. The summed E-state index contributed by atoms with van der Waals surface area (Å²) in [5.41, 5.74) is -1.41. The maximum absolute atomic E-state index is 13.5. The van der Waals surface area contributed by atoms with Gasteiger partial charge in [-0.1, -0.05) is 29.8 Å². The van der Waals surface area contributed by atoms with Crippen LogP contribution >= 0.6 is 0 Å². The lowest BCUT2D eigenvalue weighted by atomic mass is 10.1. The number of hydrogen-bond donors (Lipinski definition) is 2. The van der Waals surface area contributed by atoms with Crippen molar-refractivity contribution in [2.75, 3.05) is 5.32 Å². The zero-order chi connectivity index (χ0) is 29.4. The van der Waals surface area contributed by atoms with Crippen molar-refractivity contribution in [1.29, 1.82) is 0 Å². The lowest BCUT2D eigenvalue weighted by Gasteiger charge is -2.17. The van der Waals surface area contributed by atoms with Gasteiger partial charge < -0.3 is 15.2 Å². The molecule has 0 amide bonds. The SMILES string of the molecule is Cc1ccc(Cn2c(Nc3ccc(Oc4ccc(C(F)(F)F)cn4)cc3)nc(=O)n(CC3(C(=O)O)CC3)c2=O)cc1. The van der Waals surface area contributed by atoms with Gasteiger partial charge in [-0.15, -0.1) is 0 Å². The maximum Gasteiger partial charge on any atom is 0.417 e. The Balaban J connectivity index is 1.41. The molecule has 41 heavy (non-hydrogen) atoms. The molecule has 2 N–H and O–H groups in total. The van der Waals surface area contributed by atoms with Crippen molar-refractivity contribution in [2.24, 2.45) is 5.41 Å². The molecule has 13 heteroatoms. The number of rotatable bonds is 9. The van der Waals surface area contributed by atoms with Gasteiger partial charge in [-0.05, 0) is 55.7 Å². The molecule has 1 aliphatic rings. The zero-order valence-corrected chi connectivity index (χ0v) is 21.7. The van der Waals surface area contributed by atoms with Gasteiger partial charge in [0.2, 0.25) is 11.8 Å². The summed E-state index contributed by atoms with van der Waals surface area (Å²) < 4.78 is 45.9. The highest BCUT2D eigenvalue weighted by Crippen LogP contribution is 2.46. The minimum atomic E-state index is -4.51. The molecule has 2 aromatic carbocycles. The topological polar surface area (TPSA) is 128 Å². The lowest BCUT2D eigenvalue weighted by Crippen LogP contribution is -2.45.